The number of likely N-dealkylation sites (tertiary alicyclic amines) is 2. The molecular formula is C43H82N6O3. The Balaban J connectivity index is 0.977. The van der Waals surface area contributed by atoms with E-state index < -0.39 is 0 Å². The zero-order valence-corrected chi connectivity index (χ0v) is 35.1. The molecule has 0 bridgehead atoms. The smallest absolute Gasteiger partial charge is 0.0670 e. The highest BCUT2D eigenvalue weighted by Gasteiger charge is 2.44. The second kappa shape index (κ2) is 17.8. The normalized spacial score (nSPS) is 35.0. The Bertz CT molecular complexity index is 1070. The number of rotatable bonds is 13. The maximum Gasteiger partial charge on any atom is 0.0670 e. The predicted octanol–water partition coefficient (Wildman–Crippen LogP) is 5.81. The Hall–Kier alpha value is -0.360. The fourth-order valence-electron chi connectivity index (χ4n) is 11.2. The number of nitrogens with zero attached hydrogens (tertiary/aromatic N) is 3. The first kappa shape index (κ1) is 41.3. The van der Waals surface area contributed by atoms with Crippen molar-refractivity contribution in [2.45, 2.75) is 197 Å². The van der Waals surface area contributed by atoms with Gasteiger partial charge in [0.05, 0.1) is 18.8 Å². The van der Waals surface area contributed by atoms with Crippen LogP contribution in [-0.2, 0) is 14.2 Å². The second-order valence-corrected chi connectivity index (χ2v) is 20.7. The number of piperidine rings is 1. The standard InChI is InChI=1S/C43H82N6O3/c1-40(2,3)46-39-32-49(31-33(39)29-42(6,7)45-35-13-20-47(21-14-35)37-15-24-50-25-16-37)38-17-26-52-43(8,30-38)19-18-41(4,5)44-34-9-11-36(12-10-34)48-22-27-51-28-23-48/h33-39,44-46H,9-32H2,1-8H3/t33?,34?,36?,38?,39-,43?/m0/s1. The Kier molecular flexibility index (Phi) is 14.2. The molecule has 5 saturated heterocycles. The lowest BCUT2D eigenvalue weighted by molar-refractivity contribution is -0.100. The van der Waals surface area contributed by atoms with E-state index >= 15 is 0 Å². The molecule has 0 aromatic heterocycles. The van der Waals surface area contributed by atoms with Crippen molar-refractivity contribution in [3.8, 4) is 0 Å². The van der Waals surface area contributed by atoms with E-state index in [0.29, 0.717) is 30.1 Å². The van der Waals surface area contributed by atoms with Gasteiger partial charge < -0.3 is 35.1 Å². The maximum absolute atomic E-state index is 6.66. The lowest BCUT2D eigenvalue weighted by Crippen LogP contribution is -2.55. The van der Waals surface area contributed by atoms with Crippen molar-refractivity contribution in [1.29, 1.82) is 0 Å². The summed E-state index contributed by atoms with van der Waals surface area (Å²) >= 11 is 0. The molecule has 0 radical (unpaired) electrons. The van der Waals surface area contributed by atoms with Crippen LogP contribution in [0.15, 0.2) is 0 Å². The van der Waals surface area contributed by atoms with Crippen LogP contribution in [0.25, 0.3) is 0 Å². The molecule has 3 N–H and O–H groups in total. The molecule has 9 nitrogen and oxygen atoms in total. The van der Waals surface area contributed by atoms with Gasteiger partial charge in [0.15, 0.2) is 0 Å². The molecule has 52 heavy (non-hydrogen) atoms. The van der Waals surface area contributed by atoms with Crippen LogP contribution in [0, 0.1) is 5.92 Å². The van der Waals surface area contributed by atoms with Crippen LogP contribution in [0.5, 0.6) is 0 Å². The maximum atomic E-state index is 6.66. The van der Waals surface area contributed by atoms with Crippen molar-refractivity contribution >= 4 is 0 Å². The predicted molar refractivity (Wildman–Crippen MR) is 214 cm³/mol. The summed E-state index contributed by atoms with van der Waals surface area (Å²) in [6, 6.07) is 3.88. The van der Waals surface area contributed by atoms with Gasteiger partial charge >= 0.3 is 0 Å². The molecule has 302 valence electrons. The van der Waals surface area contributed by atoms with Crippen molar-refractivity contribution in [3.63, 3.8) is 0 Å². The van der Waals surface area contributed by atoms with Crippen molar-refractivity contribution in [2.75, 3.05) is 72.3 Å². The highest BCUT2D eigenvalue weighted by atomic mass is 16.5. The van der Waals surface area contributed by atoms with Gasteiger partial charge in [-0.3, -0.25) is 9.80 Å². The van der Waals surface area contributed by atoms with E-state index in [1.54, 1.807) is 0 Å². The largest absolute Gasteiger partial charge is 0.381 e. The van der Waals surface area contributed by atoms with Crippen molar-refractivity contribution < 1.29 is 14.2 Å². The lowest BCUT2D eigenvalue weighted by Gasteiger charge is -2.44. The fourth-order valence-corrected chi connectivity index (χ4v) is 11.2. The topological polar surface area (TPSA) is 73.5 Å². The third-order valence-corrected chi connectivity index (χ3v) is 13.9. The van der Waals surface area contributed by atoms with Gasteiger partial charge in [0.25, 0.3) is 0 Å². The summed E-state index contributed by atoms with van der Waals surface area (Å²) in [5.41, 5.74) is 0.296. The van der Waals surface area contributed by atoms with E-state index in [1.807, 2.05) is 0 Å². The summed E-state index contributed by atoms with van der Waals surface area (Å²) in [6.45, 7) is 30.9. The summed E-state index contributed by atoms with van der Waals surface area (Å²) in [5, 5.41) is 12.4. The Morgan fingerprint density at radius 2 is 1.15 bits per heavy atom. The number of hydrogen-bond acceptors (Lipinski definition) is 9. The SMILES string of the molecule is CC(C)(C)N[C@H]1CN(C2CCOC(C)(CCC(C)(C)NC3CCC(N4CCOCC4)CC3)C2)CC1CC(C)(C)NC1CCN(C2CCOCC2)CC1. The molecular weight excluding hydrogens is 649 g/mol. The summed E-state index contributed by atoms with van der Waals surface area (Å²) < 4.78 is 17.9. The van der Waals surface area contributed by atoms with Gasteiger partial charge in [-0.15, -0.1) is 0 Å². The van der Waals surface area contributed by atoms with Gasteiger partial charge in [-0.25, -0.2) is 0 Å². The third-order valence-electron chi connectivity index (χ3n) is 13.9. The lowest BCUT2D eigenvalue weighted by atomic mass is 9.82. The number of hydrogen-bond donors (Lipinski definition) is 3. The highest BCUT2D eigenvalue weighted by Crippen LogP contribution is 2.38. The fraction of sp³-hybridized carbons (Fsp3) is 1.00. The molecule has 0 spiro atoms. The first-order chi connectivity index (χ1) is 24.6. The Morgan fingerprint density at radius 3 is 1.83 bits per heavy atom. The van der Waals surface area contributed by atoms with Crippen LogP contribution in [-0.4, -0.2) is 145 Å². The van der Waals surface area contributed by atoms with Crippen LogP contribution in [0.4, 0.5) is 0 Å². The molecule has 6 aliphatic rings. The van der Waals surface area contributed by atoms with Crippen LogP contribution >= 0.6 is 0 Å². The van der Waals surface area contributed by atoms with Crippen LogP contribution in [0.3, 0.4) is 0 Å². The Morgan fingerprint density at radius 1 is 0.577 bits per heavy atom. The van der Waals surface area contributed by atoms with Gasteiger partial charge in [0.1, 0.15) is 0 Å². The van der Waals surface area contributed by atoms with Gasteiger partial charge in [-0.05, 0) is 158 Å². The average Bonchev–Trinajstić information content (AvgIpc) is 3.48. The van der Waals surface area contributed by atoms with Crippen LogP contribution in [0.1, 0.15) is 139 Å². The molecule has 0 aromatic carbocycles. The van der Waals surface area contributed by atoms with Crippen molar-refractivity contribution in [1.82, 2.24) is 30.7 Å². The van der Waals surface area contributed by atoms with Crippen molar-refractivity contribution in [3.05, 3.63) is 0 Å². The summed E-state index contributed by atoms with van der Waals surface area (Å²) in [5.74, 6) is 0.639. The monoisotopic (exact) mass is 731 g/mol. The minimum Gasteiger partial charge on any atom is -0.381 e. The molecule has 0 aromatic rings. The third kappa shape index (κ3) is 12.1. The van der Waals surface area contributed by atoms with E-state index in [2.05, 4.69) is 86.0 Å². The molecule has 0 amide bonds. The molecule has 6 fully saturated rings. The molecule has 5 aliphatic heterocycles. The zero-order valence-electron chi connectivity index (χ0n) is 35.1. The van der Waals surface area contributed by atoms with Crippen LogP contribution < -0.4 is 16.0 Å². The highest BCUT2D eigenvalue weighted by molar-refractivity contribution is 5.01. The minimum absolute atomic E-state index is 0.0543. The quantitative estimate of drug-likeness (QED) is 0.218. The molecule has 4 atom stereocenters. The van der Waals surface area contributed by atoms with Crippen molar-refractivity contribution in [2.24, 2.45) is 5.92 Å². The molecule has 5 heterocycles. The van der Waals surface area contributed by atoms with Gasteiger partial charge in [0.2, 0.25) is 0 Å². The summed E-state index contributed by atoms with van der Waals surface area (Å²) in [7, 11) is 0. The first-order valence-electron chi connectivity index (χ1n) is 22.0. The zero-order chi connectivity index (χ0) is 37.0. The van der Waals surface area contributed by atoms with E-state index in [9.17, 15) is 0 Å². The van der Waals surface area contributed by atoms with Gasteiger partial charge in [-0.1, -0.05) is 0 Å². The van der Waals surface area contributed by atoms with Crippen LogP contribution in [0.2, 0.25) is 0 Å². The second-order valence-electron chi connectivity index (χ2n) is 20.7. The van der Waals surface area contributed by atoms with Gasteiger partial charge in [-0.2, -0.15) is 0 Å². The molecule has 3 unspecified atom stereocenters. The van der Waals surface area contributed by atoms with E-state index in [4.69, 9.17) is 14.2 Å². The average molecular weight is 731 g/mol. The van der Waals surface area contributed by atoms with E-state index in [1.165, 1.54) is 77.4 Å². The van der Waals surface area contributed by atoms with Gasteiger partial charge in [0, 0.05) is 98.9 Å². The summed E-state index contributed by atoms with van der Waals surface area (Å²) in [6.07, 6.45) is 16.0. The molecule has 1 saturated carbocycles. The first-order valence-corrected chi connectivity index (χ1v) is 22.0. The molecule has 6 rings (SSSR count). The Labute approximate surface area is 319 Å². The van der Waals surface area contributed by atoms with E-state index in [-0.39, 0.29) is 22.2 Å². The molecule has 1 aliphatic carbocycles. The summed E-state index contributed by atoms with van der Waals surface area (Å²) in [4.78, 5) is 8.31. The number of nitrogens with one attached hydrogen (secondary N) is 3. The minimum atomic E-state index is -0.0543. The number of morpholine rings is 1. The van der Waals surface area contributed by atoms with E-state index in [0.717, 1.165) is 90.4 Å². The number of ether oxygens (including phenoxy) is 3. The molecule has 9 heteroatoms.